The molecule has 0 aliphatic carbocycles. The molecule has 1 heterocycles. The SMILES string of the molecule is CCc1ccc([C@H](C)NC(=O)C2CCN(Cc3ccccc3Cl)CC2)cc1. The van der Waals surface area contributed by atoms with E-state index < -0.39 is 0 Å². The van der Waals surface area contributed by atoms with Crippen molar-refractivity contribution in [3.8, 4) is 0 Å². The Hall–Kier alpha value is -1.84. The second-order valence-corrected chi connectivity index (χ2v) is 7.87. The van der Waals surface area contributed by atoms with Crippen molar-refractivity contribution in [1.29, 1.82) is 0 Å². The van der Waals surface area contributed by atoms with Crippen molar-refractivity contribution < 1.29 is 4.79 Å². The van der Waals surface area contributed by atoms with E-state index in [2.05, 4.69) is 54.4 Å². The van der Waals surface area contributed by atoms with Crippen molar-refractivity contribution in [3.05, 3.63) is 70.2 Å². The van der Waals surface area contributed by atoms with E-state index in [9.17, 15) is 4.79 Å². The molecule has 2 aromatic rings. The third-order valence-corrected chi connectivity index (χ3v) is 5.93. The van der Waals surface area contributed by atoms with E-state index in [1.54, 1.807) is 0 Å². The van der Waals surface area contributed by atoms with Crippen LogP contribution in [0.1, 0.15) is 49.4 Å². The molecule has 1 atom stereocenters. The zero-order valence-electron chi connectivity index (χ0n) is 16.2. The molecule has 0 saturated carbocycles. The van der Waals surface area contributed by atoms with Gasteiger partial charge in [-0.2, -0.15) is 0 Å². The Bertz CT molecular complexity index is 751. The summed E-state index contributed by atoms with van der Waals surface area (Å²) in [5.74, 6) is 0.282. The van der Waals surface area contributed by atoms with Gasteiger partial charge in [-0.3, -0.25) is 9.69 Å². The van der Waals surface area contributed by atoms with Gasteiger partial charge in [-0.15, -0.1) is 0 Å². The van der Waals surface area contributed by atoms with Crippen molar-refractivity contribution in [2.75, 3.05) is 13.1 Å². The largest absolute Gasteiger partial charge is 0.349 e. The van der Waals surface area contributed by atoms with Crippen LogP contribution in [0.15, 0.2) is 48.5 Å². The third kappa shape index (κ3) is 5.33. The fourth-order valence-corrected chi connectivity index (χ4v) is 3.87. The zero-order chi connectivity index (χ0) is 19.2. The van der Waals surface area contributed by atoms with Crippen LogP contribution in [0.25, 0.3) is 0 Å². The zero-order valence-corrected chi connectivity index (χ0v) is 17.0. The summed E-state index contributed by atoms with van der Waals surface area (Å²) in [5.41, 5.74) is 3.64. The molecular weight excluding hydrogens is 356 g/mol. The molecule has 1 fully saturated rings. The molecule has 3 rings (SSSR count). The minimum atomic E-state index is 0.0459. The van der Waals surface area contributed by atoms with Crippen LogP contribution in [0.3, 0.4) is 0 Å². The molecular formula is C23H29ClN2O. The Morgan fingerprint density at radius 3 is 2.44 bits per heavy atom. The Morgan fingerprint density at radius 1 is 1.15 bits per heavy atom. The van der Waals surface area contributed by atoms with Crippen LogP contribution in [0.2, 0.25) is 5.02 Å². The lowest BCUT2D eigenvalue weighted by Gasteiger charge is -2.32. The van der Waals surface area contributed by atoms with E-state index in [4.69, 9.17) is 11.6 Å². The smallest absolute Gasteiger partial charge is 0.223 e. The lowest BCUT2D eigenvalue weighted by molar-refractivity contribution is -0.127. The number of benzene rings is 2. The minimum absolute atomic E-state index is 0.0459. The molecule has 1 N–H and O–H groups in total. The maximum Gasteiger partial charge on any atom is 0.223 e. The summed E-state index contributed by atoms with van der Waals surface area (Å²) in [7, 11) is 0. The van der Waals surface area contributed by atoms with Gasteiger partial charge in [0.1, 0.15) is 0 Å². The van der Waals surface area contributed by atoms with Gasteiger partial charge >= 0.3 is 0 Å². The minimum Gasteiger partial charge on any atom is -0.349 e. The monoisotopic (exact) mass is 384 g/mol. The number of likely N-dealkylation sites (tertiary alicyclic amines) is 1. The van der Waals surface area contributed by atoms with Crippen LogP contribution >= 0.6 is 11.6 Å². The van der Waals surface area contributed by atoms with Crippen LogP contribution < -0.4 is 5.32 Å². The number of hydrogen-bond donors (Lipinski definition) is 1. The third-order valence-electron chi connectivity index (χ3n) is 5.56. The van der Waals surface area contributed by atoms with Crippen molar-refractivity contribution in [3.63, 3.8) is 0 Å². The van der Waals surface area contributed by atoms with Gasteiger partial charge in [0.05, 0.1) is 6.04 Å². The highest BCUT2D eigenvalue weighted by Crippen LogP contribution is 2.23. The summed E-state index contributed by atoms with van der Waals surface area (Å²) < 4.78 is 0. The number of carbonyl (C=O) groups excluding carboxylic acids is 1. The fourth-order valence-electron chi connectivity index (χ4n) is 3.68. The van der Waals surface area contributed by atoms with Gasteiger partial charge in [0.2, 0.25) is 5.91 Å². The first-order valence-electron chi connectivity index (χ1n) is 9.91. The lowest BCUT2D eigenvalue weighted by atomic mass is 9.94. The molecule has 1 saturated heterocycles. The standard InChI is InChI=1S/C23H29ClN2O/c1-3-18-8-10-19(11-9-18)17(2)25-23(27)20-12-14-26(15-13-20)16-21-6-4-5-7-22(21)24/h4-11,17,20H,3,12-16H2,1-2H3,(H,25,27)/t17-/m0/s1. The number of nitrogens with one attached hydrogen (secondary N) is 1. The van der Waals surface area contributed by atoms with Gasteiger partial charge < -0.3 is 5.32 Å². The molecule has 144 valence electrons. The highest BCUT2D eigenvalue weighted by Gasteiger charge is 2.26. The van der Waals surface area contributed by atoms with E-state index in [1.807, 2.05) is 18.2 Å². The molecule has 4 heteroatoms. The first-order chi connectivity index (χ1) is 13.1. The van der Waals surface area contributed by atoms with Crippen molar-refractivity contribution in [1.82, 2.24) is 10.2 Å². The number of aryl methyl sites for hydroxylation is 1. The molecule has 0 spiro atoms. The first-order valence-corrected chi connectivity index (χ1v) is 10.3. The number of rotatable bonds is 6. The van der Waals surface area contributed by atoms with E-state index in [1.165, 1.54) is 5.56 Å². The molecule has 27 heavy (non-hydrogen) atoms. The van der Waals surface area contributed by atoms with E-state index in [-0.39, 0.29) is 17.9 Å². The fraction of sp³-hybridized carbons (Fsp3) is 0.435. The molecule has 1 amide bonds. The van der Waals surface area contributed by atoms with Crippen LogP contribution in [0.5, 0.6) is 0 Å². The maximum atomic E-state index is 12.7. The quantitative estimate of drug-likeness (QED) is 0.760. The average Bonchev–Trinajstić information content (AvgIpc) is 2.70. The lowest BCUT2D eigenvalue weighted by Crippen LogP contribution is -2.40. The number of hydrogen-bond acceptors (Lipinski definition) is 2. The average molecular weight is 385 g/mol. The van der Waals surface area contributed by atoms with Crippen LogP contribution in [-0.2, 0) is 17.8 Å². The Labute approximate surface area is 167 Å². The molecule has 1 aliphatic heterocycles. The number of halogens is 1. The van der Waals surface area contributed by atoms with Crippen molar-refractivity contribution >= 4 is 17.5 Å². The van der Waals surface area contributed by atoms with E-state index in [0.29, 0.717) is 0 Å². The number of amides is 1. The molecule has 0 unspecified atom stereocenters. The Morgan fingerprint density at radius 2 is 1.81 bits per heavy atom. The van der Waals surface area contributed by atoms with Gasteiger partial charge in [0.25, 0.3) is 0 Å². The molecule has 3 nitrogen and oxygen atoms in total. The van der Waals surface area contributed by atoms with Gasteiger partial charge in [0, 0.05) is 17.5 Å². The summed E-state index contributed by atoms with van der Waals surface area (Å²) in [6.07, 6.45) is 2.84. The predicted molar refractivity (Wildman–Crippen MR) is 112 cm³/mol. The van der Waals surface area contributed by atoms with Crippen molar-refractivity contribution in [2.45, 2.75) is 45.7 Å². The van der Waals surface area contributed by atoms with Gasteiger partial charge in [-0.05, 0) is 62.0 Å². The van der Waals surface area contributed by atoms with E-state index in [0.717, 1.165) is 55.0 Å². The molecule has 0 aromatic heterocycles. The van der Waals surface area contributed by atoms with Crippen LogP contribution in [-0.4, -0.2) is 23.9 Å². The molecule has 1 aliphatic rings. The Balaban J connectivity index is 1.48. The van der Waals surface area contributed by atoms with Gasteiger partial charge in [-0.1, -0.05) is 61.0 Å². The normalized spacial score (nSPS) is 16.9. The second-order valence-electron chi connectivity index (χ2n) is 7.47. The highest BCUT2D eigenvalue weighted by atomic mass is 35.5. The first kappa shape index (κ1) is 19.9. The topological polar surface area (TPSA) is 32.3 Å². The summed E-state index contributed by atoms with van der Waals surface area (Å²) in [5, 5.41) is 4.02. The summed E-state index contributed by atoms with van der Waals surface area (Å²) in [6, 6.07) is 16.6. The predicted octanol–water partition coefficient (Wildman–Crippen LogP) is 4.99. The molecule has 0 bridgehead atoms. The molecule has 2 aromatic carbocycles. The van der Waals surface area contributed by atoms with Gasteiger partial charge in [0.15, 0.2) is 0 Å². The summed E-state index contributed by atoms with van der Waals surface area (Å²) in [4.78, 5) is 15.1. The highest BCUT2D eigenvalue weighted by molar-refractivity contribution is 6.31. The number of nitrogens with zero attached hydrogens (tertiary/aromatic N) is 1. The Kier molecular flexibility index (Phi) is 6.92. The maximum absolute atomic E-state index is 12.7. The van der Waals surface area contributed by atoms with Crippen LogP contribution in [0.4, 0.5) is 0 Å². The molecule has 0 radical (unpaired) electrons. The van der Waals surface area contributed by atoms with Crippen molar-refractivity contribution in [2.24, 2.45) is 5.92 Å². The number of carbonyl (C=O) groups is 1. The summed E-state index contributed by atoms with van der Waals surface area (Å²) >= 11 is 6.27. The second kappa shape index (κ2) is 9.38. The van der Waals surface area contributed by atoms with E-state index >= 15 is 0 Å². The van der Waals surface area contributed by atoms with Gasteiger partial charge in [-0.25, -0.2) is 0 Å². The number of piperidine rings is 1. The van der Waals surface area contributed by atoms with Crippen LogP contribution in [0, 0.1) is 5.92 Å². The summed E-state index contributed by atoms with van der Waals surface area (Å²) in [6.45, 7) is 6.93.